The molecule has 3 unspecified atom stereocenters. The van der Waals surface area contributed by atoms with Gasteiger partial charge in [-0.3, -0.25) is 0 Å². The fraction of sp³-hybridized carbons (Fsp3) is 0.771. The van der Waals surface area contributed by atoms with Gasteiger partial charge in [0.1, 0.15) is 5.75 Å². The van der Waals surface area contributed by atoms with Crippen LogP contribution in [-0.2, 0) is 20.6 Å². The molecule has 2 N–H and O–H groups in total. The van der Waals surface area contributed by atoms with Crippen LogP contribution in [0, 0.1) is 22.7 Å². The van der Waals surface area contributed by atoms with Crippen LogP contribution in [0.25, 0.3) is 0 Å². The van der Waals surface area contributed by atoms with E-state index in [4.69, 9.17) is 9.47 Å². The number of ether oxygens (including phenoxy) is 2. The van der Waals surface area contributed by atoms with E-state index >= 15 is 0 Å². The van der Waals surface area contributed by atoms with Crippen LogP contribution in [0.5, 0.6) is 5.75 Å². The summed E-state index contributed by atoms with van der Waals surface area (Å²) in [7, 11) is 0. The zero-order chi connectivity index (χ0) is 42.3. The van der Waals surface area contributed by atoms with Gasteiger partial charge < -0.3 is 23.9 Å². The van der Waals surface area contributed by atoms with Crippen molar-refractivity contribution in [3.63, 3.8) is 0 Å². The van der Waals surface area contributed by atoms with Gasteiger partial charge in [-0.25, -0.2) is 13.0 Å². The number of rotatable bonds is 6. The minimum absolute atomic E-state index is 0.00277. The van der Waals surface area contributed by atoms with Crippen LogP contribution in [0.1, 0.15) is 83.6 Å². The van der Waals surface area contributed by atoms with Gasteiger partial charge in [-0.1, -0.05) is 38.5 Å². The van der Waals surface area contributed by atoms with Crippen LogP contribution in [0.3, 0.4) is 0 Å². The molecule has 1 aromatic carbocycles. The average Bonchev–Trinajstić information content (AvgIpc) is 3.38. The Balaban J connectivity index is 0.000000784. The summed E-state index contributed by atoms with van der Waals surface area (Å²) in [6.07, 6.45) is -13.1. The molecule has 0 aromatic heterocycles. The lowest BCUT2D eigenvalue weighted by Gasteiger charge is -2.57. The molecule has 21 heteroatoms. The summed E-state index contributed by atoms with van der Waals surface area (Å²) >= 11 is -4.65. The second-order valence-corrected chi connectivity index (χ2v) is 17.4. The van der Waals surface area contributed by atoms with Crippen molar-refractivity contribution < 1.29 is 89.5 Å². The van der Waals surface area contributed by atoms with Crippen LogP contribution in [0.2, 0.25) is 0 Å². The highest BCUT2D eigenvalue weighted by atomic mass is 32.2. The van der Waals surface area contributed by atoms with Gasteiger partial charge in [-0.15, -0.1) is 0 Å². The number of hydrogen-bond acceptors (Lipinski definition) is 6. The van der Waals surface area contributed by atoms with Crippen LogP contribution < -0.4 is 4.18 Å². The SMILES string of the molecule is CC1(C)COC2(CCC3=C4C(CC[C@@]3(O)C2)C2CC[C@H](O)[C@@]2(C)C[C@@H]4c2ccc(OS(=O)C(F)(F)C(F)(F)C(F)(F)C(F)(F)F)cc2)OC1.FC(F)C(F)(F)F. The third-order valence-corrected chi connectivity index (χ3v) is 12.9. The van der Waals surface area contributed by atoms with Crippen molar-refractivity contribution in [1.82, 2.24) is 0 Å². The molecule has 1 spiro atoms. The van der Waals surface area contributed by atoms with Crippen LogP contribution in [0.4, 0.5) is 61.5 Å². The monoisotopic (exact) mass is 854 g/mol. The lowest BCUT2D eigenvalue weighted by Crippen LogP contribution is -2.62. The lowest BCUT2D eigenvalue weighted by atomic mass is 9.51. The molecule has 5 aliphatic rings. The summed E-state index contributed by atoms with van der Waals surface area (Å²) < 4.78 is 201. The van der Waals surface area contributed by atoms with Crippen molar-refractivity contribution in [2.75, 3.05) is 13.2 Å². The van der Waals surface area contributed by atoms with E-state index in [1.54, 1.807) is 0 Å². The largest absolute Gasteiger partial charge is 0.460 e. The fourth-order valence-electron chi connectivity index (χ4n) is 8.89. The quantitative estimate of drug-likeness (QED) is 0.219. The molecule has 6 rings (SSSR count). The van der Waals surface area contributed by atoms with Crippen molar-refractivity contribution >= 4 is 11.1 Å². The number of fused-ring (bicyclic) bond motifs is 4. The van der Waals surface area contributed by atoms with Crippen LogP contribution in [0.15, 0.2) is 35.4 Å². The van der Waals surface area contributed by atoms with Crippen molar-refractivity contribution in [1.29, 1.82) is 0 Å². The molecule has 4 aliphatic carbocycles. The van der Waals surface area contributed by atoms with Gasteiger partial charge in [0.15, 0.2) is 5.79 Å². The number of benzene rings is 1. The number of halogens is 14. The Hall–Kier alpha value is -2.23. The molecule has 0 bridgehead atoms. The molecule has 1 saturated heterocycles. The highest BCUT2D eigenvalue weighted by molar-refractivity contribution is 7.81. The zero-order valence-corrected chi connectivity index (χ0v) is 30.8. The van der Waals surface area contributed by atoms with E-state index in [-0.39, 0.29) is 23.7 Å². The van der Waals surface area contributed by atoms with Crippen molar-refractivity contribution in [2.24, 2.45) is 22.7 Å². The van der Waals surface area contributed by atoms with Gasteiger partial charge in [-0.2, -0.15) is 52.7 Å². The normalized spacial score (nSPS) is 32.6. The van der Waals surface area contributed by atoms with E-state index in [2.05, 4.69) is 4.18 Å². The van der Waals surface area contributed by atoms with Gasteiger partial charge in [-0.05, 0) is 79.0 Å². The van der Waals surface area contributed by atoms with Crippen LogP contribution >= 0.6 is 0 Å². The second-order valence-electron chi connectivity index (χ2n) is 16.3. The van der Waals surface area contributed by atoms with E-state index in [1.165, 1.54) is 12.1 Å². The van der Waals surface area contributed by atoms with Gasteiger partial charge in [0.25, 0.3) is 11.1 Å². The van der Waals surface area contributed by atoms with Crippen LogP contribution in [-0.4, -0.2) is 81.0 Å². The molecule has 6 nitrogen and oxygen atoms in total. The Morgan fingerprint density at radius 2 is 1.39 bits per heavy atom. The van der Waals surface area contributed by atoms with Gasteiger partial charge in [0, 0.05) is 24.2 Å². The third-order valence-electron chi connectivity index (χ3n) is 11.8. The topological polar surface area (TPSA) is 85.2 Å². The molecule has 4 fully saturated rings. The van der Waals surface area contributed by atoms with Gasteiger partial charge >= 0.3 is 35.9 Å². The smallest absolute Gasteiger partial charge is 0.396 e. The molecule has 1 heterocycles. The third kappa shape index (κ3) is 7.80. The number of hydrogen-bond donors (Lipinski definition) is 2. The Morgan fingerprint density at radius 3 is 1.91 bits per heavy atom. The first kappa shape index (κ1) is 44.9. The maximum absolute atomic E-state index is 14.2. The number of alkyl halides is 14. The van der Waals surface area contributed by atoms with E-state index in [0.717, 1.165) is 29.7 Å². The fourth-order valence-corrected chi connectivity index (χ4v) is 9.61. The molecule has 7 atom stereocenters. The second kappa shape index (κ2) is 14.5. The number of allylic oxidation sites excluding steroid dienone is 1. The van der Waals surface area contributed by atoms with E-state index in [9.17, 15) is 75.9 Å². The van der Waals surface area contributed by atoms with Crippen molar-refractivity contribution in [3.05, 3.63) is 41.0 Å². The summed E-state index contributed by atoms with van der Waals surface area (Å²) in [4.78, 5) is 0. The Morgan fingerprint density at radius 1 is 0.839 bits per heavy atom. The number of aliphatic hydroxyl groups is 2. The van der Waals surface area contributed by atoms with Gasteiger partial charge in [0.05, 0.1) is 24.9 Å². The molecule has 3 saturated carbocycles. The highest BCUT2D eigenvalue weighted by Gasteiger charge is 2.84. The molecule has 0 amide bonds. The molecular weight excluding hydrogens is 814 g/mol. The maximum atomic E-state index is 14.2. The average molecular weight is 855 g/mol. The first-order valence-corrected chi connectivity index (χ1v) is 18.6. The first-order valence-electron chi connectivity index (χ1n) is 17.5. The predicted molar refractivity (Wildman–Crippen MR) is 169 cm³/mol. The molecular formula is C35H40F14O6S. The minimum atomic E-state index is -7.20. The van der Waals surface area contributed by atoms with E-state index in [0.29, 0.717) is 57.3 Å². The summed E-state index contributed by atoms with van der Waals surface area (Å²) in [6.45, 7) is 6.98. The zero-order valence-electron chi connectivity index (χ0n) is 30.0. The molecule has 0 radical (unpaired) electrons. The summed E-state index contributed by atoms with van der Waals surface area (Å²) in [6, 6.07) is 4.72. The van der Waals surface area contributed by atoms with Gasteiger partial charge in [0.2, 0.25) is 0 Å². The summed E-state index contributed by atoms with van der Waals surface area (Å²) in [5.41, 5.74) is 0.480. The van der Waals surface area contributed by atoms with Crippen molar-refractivity contribution in [2.45, 2.75) is 131 Å². The molecule has 1 aromatic rings. The lowest BCUT2D eigenvalue weighted by molar-refractivity contribution is -0.382. The number of aliphatic hydroxyl groups excluding tert-OH is 1. The molecule has 56 heavy (non-hydrogen) atoms. The highest BCUT2D eigenvalue weighted by Crippen LogP contribution is 2.66. The molecule has 1 aliphatic heterocycles. The first-order chi connectivity index (χ1) is 25.3. The maximum Gasteiger partial charge on any atom is 0.460 e. The molecule has 320 valence electrons. The van der Waals surface area contributed by atoms with Crippen molar-refractivity contribution in [3.8, 4) is 5.75 Å². The summed E-state index contributed by atoms with van der Waals surface area (Å²) in [5, 5.41) is 16.9. The standard InChI is InChI=1S/C33H39F9O6S.C2HF5/c1-26(2)16-46-29(47-17-26)13-11-23-25-20(10-12-28(23,44)15-29)22-8-9-24(43)27(22,3)14-21(25)18-4-6-19(7-5-18)48-49(45)33(41,42)31(36,37)30(34,35)32(38,39)40;3-1(4)2(5,6)7/h4-7,20-22,24,43-44H,8-17H2,1-3H3;1H/t20?,21-,22?,24+,27+,28-,49?;/m1./s1. The Labute approximate surface area is 314 Å². The van der Waals surface area contributed by atoms with E-state index in [1.807, 2.05) is 20.8 Å². The minimum Gasteiger partial charge on any atom is -0.396 e. The van der Waals surface area contributed by atoms with E-state index < -0.39 is 81.5 Å². The predicted octanol–water partition coefficient (Wildman–Crippen LogP) is 9.62. The Bertz CT molecular complexity index is 1650. The Kier molecular flexibility index (Phi) is 11.6. The summed E-state index contributed by atoms with van der Waals surface area (Å²) in [5.74, 6) is -16.3.